The molecule has 3 aromatic carbocycles. The van der Waals surface area contributed by atoms with Crippen LogP contribution in [0.25, 0.3) is 11.4 Å². The van der Waals surface area contributed by atoms with Gasteiger partial charge in [0.1, 0.15) is 11.9 Å². The van der Waals surface area contributed by atoms with E-state index in [1.807, 2.05) is 49.4 Å². The van der Waals surface area contributed by atoms with Gasteiger partial charge >= 0.3 is 0 Å². The summed E-state index contributed by atoms with van der Waals surface area (Å²) < 4.78 is 0. The zero-order chi connectivity index (χ0) is 24.2. The van der Waals surface area contributed by atoms with Crippen LogP contribution >= 0.6 is 48.8 Å². The average Bonchev–Trinajstić information content (AvgIpc) is 3.29. The van der Waals surface area contributed by atoms with E-state index < -0.39 is 6.10 Å². The van der Waals surface area contributed by atoms with Crippen LogP contribution in [0.3, 0.4) is 0 Å². The molecule has 0 radical (unpaired) electrons. The Labute approximate surface area is 248 Å². The van der Waals surface area contributed by atoms with Crippen molar-refractivity contribution in [2.75, 3.05) is 32.7 Å². The normalized spacial score (nSPS) is 15.4. The molecule has 5 rings (SSSR count). The van der Waals surface area contributed by atoms with E-state index in [4.69, 9.17) is 16.6 Å². The highest BCUT2D eigenvalue weighted by Gasteiger charge is 2.28. The van der Waals surface area contributed by atoms with Gasteiger partial charge in [-0.05, 0) is 30.2 Å². The van der Waals surface area contributed by atoms with Gasteiger partial charge in [-0.15, -0.1) is 37.2 Å². The Balaban J connectivity index is 0.00000169. The molecule has 38 heavy (non-hydrogen) atoms. The van der Waals surface area contributed by atoms with E-state index in [2.05, 4.69) is 57.2 Å². The Morgan fingerprint density at radius 2 is 1.37 bits per heavy atom. The Bertz CT molecular complexity index is 1230. The van der Waals surface area contributed by atoms with Crippen LogP contribution < -0.4 is 0 Å². The molecular weight excluding hydrogens is 562 g/mol. The number of hydrogen-bond acceptors (Lipinski definition) is 4. The number of aromatic amines is 1. The minimum absolute atomic E-state index is 0. The lowest BCUT2D eigenvalue weighted by Crippen LogP contribution is -2.48. The third kappa shape index (κ3) is 7.51. The number of aliphatic hydroxyl groups is 1. The van der Waals surface area contributed by atoms with E-state index in [1.54, 1.807) is 0 Å². The number of nitrogens with one attached hydrogen (secondary N) is 1. The summed E-state index contributed by atoms with van der Waals surface area (Å²) in [5.41, 5.74) is 5.20. The number of aromatic nitrogens is 2. The summed E-state index contributed by atoms with van der Waals surface area (Å²) in [7, 11) is 0. The van der Waals surface area contributed by atoms with Crippen LogP contribution in [-0.4, -0.2) is 57.6 Å². The number of imidazole rings is 1. The average molecular weight is 596 g/mol. The predicted octanol–water partition coefficient (Wildman–Crippen LogP) is 6.74. The number of aliphatic hydroxyl groups excluding tert-OH is 1. The summed E-state index contributed by atoms with van der Waals surface area (Å²) in [5, 5.41) is 11.8. The van der Waals surface area contributed by atoms with Gasteiger partial charge in [0.2, 0.25) is 0 Å². The van der Waals surface area contributed by atoms with Crippen molar-refractivity contribution in [1.82, 2.24) is 19.8 Å². The molecule has 0 bridgehead atoms. The van der Waals surface area contributed by atoms with E-state index in [0.717, 1.165) is 54.0 Å². The van der Waals surface area contributed by atoms with E-state index >= 15 is 0 Å². The van der Waals surface area contributed by atoms with Gasteiger partial charge in [-0.3, -0.25) is 9.80 Å². The second-order valence-electron chi connectivity index (χ2n) is 9.18. The van der Waals surface area contributed by atoms with Crippen molar-refractivity contribution < 1.29 is 5.11 Å². The topological polar surface area (TPSA) is 55.4 Å². The Hall–Kier alpha value is -2.09. The number of nitrogens with zero attached hydrogens (tertiary/aromatic N) is 3. The van der Waals surface area contributed by atoms with E-state index in [-0.39, 0.29) is 43.3 Å². The molecule has 0 saturated carbocycles. The predicted molar refractivity (Wildman–Crippen MR) is 163 cm³/mol. The third-order valence-corrected chi connectivity index (χ3v) is 7.04. The lowest BCUT2D eigenvalue weighted by Gasteiger charge is -2.40. The molecule has 2 heterocycles. The zero-order valence-electron chi connectivity index (χ0n) is 21.2. The summed E-state index contributed by atoms with van der Waals surface area (Å²) in [4.78, 5) is 12.9. The smallest absolute Gasteiger partial charge is 0.137 e. The fraction of sp³-hybridized carbons (Fsp3) is 0.276. The van der Waals surface area contributed by atoms with Crippen molar-refractivity contribution in [2.45, 2.75) is 19.1 Å². The lowest BCUT2D eigenvalue weighted by atomic mass is 9.96. The Kier molecular flexibility index (Phi) is 12.6. The summed E-state index contributed by atoms with van der Waals surface area (Å²) in [6, 6.07) is 29.0. The Morgan fingerprint density at radius 1 is 0.816 bits per heavy atom. The number of H-pyrrole nitrogens is 1. The van der Waals surface area contributed by atoms with Crippen molar-refractivity contribution in [1.29, 1.82) is 0 Å². The molecule has 4 aromatic rings. The van der Waals surface area contributed by atoms with Crippen LogP contribution in [0, 0.1) is 6.92 Å². The third-order valence-electron chi connectivity index (χ3n) is 6.79. The highest BCUT2D eigenvalue weighted by atomic mass is 35.5. The van der Waals surface area contributed by atoms with Gasteiger partial charge in [0.05, 0.1) is 11.7 Å². The van der Waals surface area contributed by atoms with Gasteiger partial charge in [-0.1, -0.05) is 84.4 Å². The first kappa shape index (κ1) is 32.1. The first-order valence-corrected chi connectivity index (χ1v) is 12.5. The minimum atomic E-state index is -0.628. The van der Waals surface area contributed by atoms with Gasteiger partial charge in [0.15, 0.2) is 0 Å². The second kappa shape index (κ2) is 14.9. The first-order chi connectivity index (χ1) is 17.1. The molecule has 0 aliphatic carbocycles. The molecule has 1 aliphatic rings. The second-order valence-corrected chi connectivity index (χ2v) is 9.62. The fourth-order valence-electron chi connectivity index (χ4n) is 4.96. The van der Waals surface area contributed by atoms with Crippen molar-refractivity contribution in [3.8, 4) is 11.4 Å². The zero-order valence-corrected chi connectivity index (χ0v) is 24.4. The molecule has 2 N–H and O–H groups in total. The maximum Gasteiger partial charge on any atom is 0.137 e. The molecule has 0 amide bonds. The van der Waals surface area contributed by atoms with Gasteiger partial charge < -0.3 is 10.1 Å². The number of benzene rings is 3. The van der Waals surface area contributed by atoms with Crippen molar-refractivity contribution in [3.05, 3.63) is 112 Å². The molecule has 2 atom stereocenters. The quantitative estimate of drug-likeness (QED) is 0.248. The molecule has 1 aromatic heterocycles. The molecular formula is C29H34Cl4N4O. The lowest BCUT2D eigenvalue weighted by molar-refractivity contribution is 0.0606. The van der Waals surface area contributed by atoms with Crippen molar-refractivity contribution >= 4 is 48.8 Å². The highest BCUT2D eigenvalue weighted by Crippen LogP contribution is 2.31. The number of hydrogen-bond donors (Lipinski definition) is 2. The van der Waals surface area contributed by atoms with Gasteiger partial charge in [0, 0.05) is 49.0 Å². The van der Waals surface area contributed by atoms with E-state index in [1.165, 1.54) is 11.1 Å². The van der Waals surface area contributed by atoms with Crippen molar-refractivity contribution in [3.63, 3.8) is 0 Å². The van der Waals surface area contributed by atoms with E-state index in [9.17, 15) is 5.11 Å². The minimum Gasteiger partial charge on any atom is -0.385 e. The van der Waals surface area contributed by atoms with Crippen LogP contribution in [0.5, 0.6) is 0 Å². The van der Waals surface area contributed by atoms with Gasteiger partial charge in [0.25, 0.3) is 0 Å². The highest BCUT2D eigenvalue weighted by molar-refractivity contribution is 6.30. The fourth-order valence-corrected chi connectivity index (χ4v) is 5.09. The van der Waals surface area contributed by atoms with Gasteiger partial charge in [-0.2, -0.15) is 0 Å². The molecule has 2 unspecified atom stereocenters. The molecule has 5 nitrogen and oxygen atoms in total. The molecule has 0 spiro atoms. The standard InChI is InChI=1S/C29H31ClN4O.3ClH/c1-21-27(32-29(31-21)24-10-6-3-7-11-24)26(35)20-33-16-18-34(19-17-33)28(22-8-4-2-5-9-22)23-12-14-25(30)15-13-23;;;/h2-15,26,28,35H,16-20H2,1H3,(H,31,32);3*1H. The SMILES string of the molecule is Cc1[nH]c(-c2ccccc2)nc1C(O)CN1CCN(C(c2ccccc2)c2ccc(Cl)cc2)CC1.Cl.Cl.Cl. The molecule has 9 heteroatoms. The van der Waals surface area contributed by atoms with Gasteiger partial charge in [-0.25, -0.2) is 4.98 Å². The maximum atomic E-state index is 11.0. The molecule has 1 saturated heterocycles. The maximum absolute atomic E-state index is 11.0. The largest absolute Gasteiger partial charge is 0.385 e. The molecule has 204 valence electrons. The summed E-state index contributed by atoms with van der Waals surface area (Å²) in [6.45, 7) is 6.18. The molecule has 1 fully saturated rings. The number of aryl methyl sites for hydroxylation is 1. The van der Waals surface area contributed by atoms with Crippen LogP contribution in [-0.2, 0) is 0 Å². The first-order valence-electron chi connectivity index (χ1n) is 12.2. The monoisotopic (exact) mass is 594 g/mol. The van der Waals surface area contributed by atoms with Crippen molar-refractivity contribution in [2.24, 2.45) is 0 Å². The van der Waals surface area contributed by atoms with Crippen LogP contribution in [0.2, 0.25) is 5.02 Å². The van der Waals surface area contributed by atoms with Crippen LogP contribution in [0.4, 0.5) is 0 Å². The number of rotatable bonds is 7. The number of halogens is 4. The van der Waals surface area contributed by atoms with E-state index in [0.29, 0.717) is 6.54 Å². The van der Waals surface area contributed by atoms with Crippen LogP contribution in [0.15, 0.2) is 84.9 Å². The number of piperazine rings is 1. The summed E-state index contributed by atoms with van der Waals surface area (Å²) >= 11 is 6.16. The summed E-state index contributed by atoms with van der Waals surface area (Å²) in [5.74, 6) is 0.802. The van der Waals surface area contributed by atoms with Crippen LogP contribution in [0.1, 0.15) is 34.7 Å². The Morgan fingerprint density at radius 3 is 1.97 bits per heavy atom. The molecule has 1 aliphatic heterocycles. The summed E-state index contributed by atoms with van der Waals surface area (Å²) in [6.07, 6.45) is -0.628. The number of β-amino-alcohol motifs (C(OH)–C–C–N with tert-alkyl or cyclic N) is 1.